The van der Waals surface area contributed by atoms with Crippen molar-refractivity contribution in [2.75, 3.05) is 20.8 Å². The zero-order valence-electron chi connectivity index (χ0n) is 16.1. The third kappa shape index (κ3) is 5.00. The minimum atomic E-state index is -0.566. The molecule has 1 amide bonds. The second kappa shape index (κ2) is 8.25. The molecule has 1 atom stereocenters. The van der Waals surface area contributed by atoms with E-state index in [4.69, 9.17) is 14.2 Å². The van der Waals surface area contributed by atoms with Gasteiger partial charge in [-0.2, -0.15) is 0 Å². The third-order valence-electron chi connectivity index (χ3n) is 4.04. The Morgan fingerprint density at radius 3 is 2.46 bits per heavy atom. The Bertz CT molecular complexity index is 690. The van der Waals surface area contributed by atoms with Gasteiger partial charge in [-0.3, -0.25) is 4.79 Å². The Morgan fingerprint density at radius 2 is 1.85 bits per heavy atom. The highest BCUT2D eigenvalue weighted by atomic mass is 16.6. The van der Waals surface area contributed by atoms with Crippen LogP contribution in [0.2, 0.25) is 0 Å². The second-order valence-electron chi connectivity index (χ2n) is 7.17. The minimum absolute atomic E-state index is 0.201. The maximum absolute atomic E-state index is 12.6. The van der Waals surface area contributed by atoms with E-state index in [9.17, 15) is 9.59 Å². The molecule has 0 N–H and O–H groups in total. The van der Waals surface area contributed by atoms with Crippen molar-refractivity contribution < 1.29 is 23.8 Å². The fourth-order valence-corrected chi connectivity index (χ4v) is 2.87. The van der Waals surface area contributed by atoms with Gasteiger partial charge in [0.25, 0.3) is 0 Å². The van der Waals surface area contributed by atoms with Gasteiger partial charge in [0.2, 0.25) is 5.91 Å². The number of benzene rings is 1. The van der Waals surface area contributed by atoms with E-state index in [0.717, 1.165) is 12.0 Å². The van der Waals surface area contributed by atoms with Crippen LogP contribution in [0.3, 0.4) is 0 Å². The molecule has 26 heavy (non-hydrogen) atoms. The van der Waals surface area contributed by atoms with E-state index >= 15 is 0 Å². The minimum Gasteiger partial charge on any atom is -0.493 e. The Kier molecular flexibility index (Phi) is 6.29. The van der Waals surface area contributed by atoms with Gasteiger partial charge >= 0.3 is 5.97 Å². The number of hydrogen-bond acceptors (Lipinski definition) is 5. The van der Waals surface area contributed by atoms with Crippen LogP contribution in [0.4, 0.5) is 0 Å². The van der Waals surface area contributed by atoms with Crippen LogP contribution in [0.25, 0.3) is 6.08 Å². The summed E-state index contributed by atoms with van der Waals surface area (Å²) in [5.74, 6) is 0.673. The van der Waals surface area contributed by atoms with Crippen LogP contribution in [0.15, 0.2) is 24.3 Å². The van der Waals surface area contributed by atoms with Gasteiger partial charge in [-0.25, -0.2) is 4.79 Å². The number of likely N-dealkylation sites (tertiary alicyclic amines) is 1. The van der Waals surface area contributed by atoms with Crippen LogP contribution in [-0.4, -0.2) is 49.2 Å². The lowest BCUT2D eigenvalue weighted by Gasteiger charge is -2.26. The molecule has 6 heteroatoms. The van der Waals surface area contributed by atoms with Crippen molar-refractivity contribution in [3.63, 3.8) is 0 Å². The van der Waals surface area contributed by atoms with E-state index in [0.29, 0.717) is 24.5 Å². The Labute approximate surface area is 154 Å². The quantitative estimate of drug-likeness (QED) is 0.596. The summed E-state index contributed by atoms with van der Waals surface area (Å²) in [7, 11) is 3.13. The first-order chi connectivity index (χ1) is 12.2. The molecule has 0 aromatic heterocycles. The van der Waals surface area contributed by atoms with Crippen molar-refractivity contribution in [2.45, 2.75) is 45.3 Å². The van der Waals surface area contributed by atoms with Gasteiger partial charge in [0.1, 0.15) is 11.6 Å². The molecule has 0 spiro atoms. The summed E-state index contributed by atoms with van der Waals surface area (Å²) in [5.41, 5.74) is 0.244. The highest BCUT2D eigenvalue weighted by Gasteiger charge is 2.36. The second-order valence-corrected chi connectivity index (χ2v) is 7.17. The molecule has 1 aromatic rings. The zero-order valence-corrected chi connectivity index (χ0v) is 16.1. The Hall–Kier alpha value is -2.50. The van der Waals surface area contributed by atoms with Crippen LogP contribution in [-0.2, 0) is 14.3 Å². The van der Waals surface area contributed by atoms with E-state index < -0.39 is 11.6 Å². The third-order valence-corrected chi connectivity index (χ3v) is 4.04. The molecule has 1 fully saturated rings. The Balaban J connectivity index is 2.08. The molecule has 0 saturated carbocycles. The molecule has 0 unspecified atom stereocenters. The van der Waals surface area contributed by atoms with E-state index in [2.05, 4.69) is 0 Å². The topological polar surface area (TPSA) is 65.1 Å². The van der Waals surface area contributed by atoms with Crippen molar-refractivity contribution in [3.8, 4) is 11.5 Å². The van der Waals surface area contributed by atoms with Crippen LogP contribution < -0.4 is 9.47 Å². The van der Waals surface area contributed by atoms with Gasteiger partial charge in [-0.1, -0.05) is 6.07 Å². The molecule has 0 aliphatic carbocycles. The summed E-state index contributed by atoms with van der Waals surface area (Å²) in [5, 5.41) is 0. The largest absolute Gasteiger partial charge is 0.493 e. The molecule has 2 rings (SSSR count). The number of hydrogen-bond donors (Lipinski definition) is 0. The maximum atomic E-state index is 12.6. The fraction of sp³-hybridized carbons (Fsp3) is 0.500. The van der Waals surface area contributed by atoms with Gasteiger partial charge < -0.3 is 19.1 Å². The lowest BCUT2D eigenvalue weighted by atomic mass is 10.1. The summed E-state index contributed by atoms with van der Waals surface area (Å²) < 4.78 is 15.9. The summed E-state index contributed by atoms with van der Waals surface area (Å²) in [6.45, 7) is 6.02. The molecule has 0 radical (unpaired) electrons. The number of carbonyl (C=O) groups excluding carboxylic acids is 2. The van der Waals surface area contributed by atoms with Crippen molar-refractivity contribution in [3.05, 3.63) is 29.8 Å². The van der Waals surface area contributed by atoms with Crippen LogP contribution >= 0.6 is 0 Å². The van der Waals surface area contributed by atoms with Crippen molar-refractivity contribution >= 4 is 18.0 Å². The molecular formula is C20H27NO5. The average molecular weight is 361 g/mol. The number of carbonyl (C=O) groups is 2. The number of nitrogens with zero attached hydrogens (tertiary/aromatic N) is 1. The summed E-state index contributed by atoms with van der Waals surface area (Å²) >= 11 is 0. The number of amides is 1. The molecule has 1 aliphatic heterocycles. The molecule has 1 aromatic carbocycles. The summed E-state index contributed by atoms with van der Waals surface area (Å²) in [6.07, 6.45) is 4.60. The van der Waals surface area contributed by atoms with Crippen molar-refractivity contribution in [1.82, 2.24) is 4.90 Å². The Morgan fingerprint density at radius 1 is 1.15 bits per heavy atom. The van der Waals surface area contributed by atoms with Crippen molar-refractivity contribution in [1.29, 1.82) is 0 Å². The standard InChI is InChI=1S/C20H27NO5/c1-20(2,3)26-19(23)15-7-6-12-21(15)18(22)11-9-14-8-10-16(24-4)17(13-14)25-5/h8-11,13,15H,6-7,12H2,1-5H3/b11-9+/t15-/m0/s1. The SMILES string of the molecule is COc1ccc(/C=C/C(=O)N2CCC[C@H]2C(=O)OC(C)(C)C)cc1OC. The fourth-order valence-electron chi connectivity index (χ4n) is 2.87. The van der Waals surface area contributed by atoms with Gasteiger partial charge in [-0.15, -0.1) is 0 Å². The molecule has 1 aliphatic rings. The van der Waals surface area contributed by atoms with Gasteiger partial charge in [-0.05, 0) is 57.4 Å². The maximum Gasteiger partial charge on any atom is 0.329 e. The molecule has 6 nitrogen and oxygen atoms in total. The molecule has 1 saturated heterocycles. The van der Waals surface area contributed by atoms with Crippen LogP contribution in [0.1, 0.15) is 39.2 Å². The molecular weight excluding hydrogens is 334 g/mol. The highest BCUT2D eigenvalue weighted by molar-refractivity contribution is 5.95. The summed E-state index contributed by atoms with van der Waals surface area (Å²) in [4.78, 5) is 26.5. The lowest BCUT2D eigenvalue weighted by Crippen LogP contribution is -2.42. The molecule has 142 valence electrons. The summed E-state index contributed by atoms with van der Waals surface area (Å²) in [6, 6.07) is 4.89. The van der Waals surface area contributed by atoms with Crippen LogP contribution in [0, 0.1) is 0 Å². The molecule has 1 heterocycles. The number of ether oxygens (including phenoxy) is 3. The smallest absolute Gasteiger partial charge is 0.329 e. The first-order valence-electron chi connectivity index (χ1n) is 8.68. The monoisotopic (exact) mass is 361 g/mol. The number of rotatable bonds is 5. The number of esters is 1. The van der Waals surface area contributed by atoms with E-state index in [1.54, 1.807) is 37.3 Å². The first kappa shape index (κ1) is 19.8. The number of methoxy groups -OCH3 is 2. The predicted octanol–water partition coefficient (Wildman–Crippen LogP) is 3.05. The predicted molar refractivity (Wildman–Crippen MR) is 99.2 cm³/mol. The van der Waals surface area contributed by atoms with Crippen molar-refractivity contribution in [2.24, 2.45) is 0 Å². The van der Waals surface area contributed by atoms with E-state index in [1.165, 1.54) is 6.08 Å². The normalized spacial score (nSPS) is 17.4. The highest BCUT2D eigenvalue weighted by Crippen LogP contribution is 2.28. The van der Waals surface area contributed by atoms with Gasteiger partial charge in [0.15, 0.2) is 11.5 Å². The first-order valence-corrected chi connectivity index (χ1v) is 8.68. The zero-order chi connectivity index (χ0) is 19.3. The van der Waals surface area contributed by atoms with Gasteiger partial charge in [0, 0.05) is 12.6 Å². The van der Waals surface area contributed by atoms with Crippen LogP contribution in [0.5, 0.6) is 11.5 Å². The lowest BCUT2D eigenvalue weighted by molar-refractivity contribution is -0.162. The van der Waals surface area contributed by atoms with Gasteiger partial charge in [0.05, 0.1) is 14.2 Å². The van der Waals surface area contributed by atoms with E-state index in [1.807, 2.05) is 26.8 Å². The average Bonchev–Trinajstić information content (AvgIpc) is 3.07. The molecule has 0 bridgehead atoms. The van der Waals surface area contributed by atoms with E-state index in [-0.39, 0.29) is 11.9 Å².